The minimum absolute atomic E-state index is 0.0683. The molecule has 0 aromatic heterocycles. The molecule has 2 fully saturated rings. The predicted octanol–water partition coefficient (Wildman–Crippen LogP) is 3.99. The maximum absolute atomic E-state index is 14.6. The Hall–Kier alpha value is -3.62. The molecule has 1 aliphatic heterocycles. The van der Waals surface area contributed by atoms with Crippen molar-refractivity contribution < 1.29 is 53.2 Å². The number of carboxylic acids is 1. The Labute approximate surface area is 302 Å². The number of carbonyl (C=O) groups is 6. The molecule has 0 radical (unpaired) electrons. The number of carboxylic acid groups (broad SMARTS) is 1. The Morgan fingerprint density at radius 1 is 0.941 bits per heavy atom. The van der Waals surface area contributed by atoms with E-state index in [4.69, 9.17) is 14.2 Å². The Kier molecular flexibility index (Phi) is 16.0. The minimum atomic E-state index is -1.70. The average Bonchev–Trinajstić information content (AvgIpc) is 3.34. The van der Waals surface area contributed by atoms with Gasteiger partial charge in [-0.15, -0.1) is 0 Å². The molecular weight excluding hydrogens is 664 g/mol. The first-order valence-corrected chi connectivity index (χ1v) is 18.1. The van der Waals surface area contributed by atoms with E-state index in [-0.39, 0.29) is 31.8 Å². The van der Waals surface area contributed by atoms with Gasteiger partial charge in [-0.1, -0.05) is 46.0 Å². The van der Waals surface area contributed by atoms with Crippen LogP contribution in [0, 0.1) is 11.3 Å². The first-order chi connectivity index (χ1) is 23.6. The second-order valence-electron chi connectivity index (χ2n) is 16.4. The molecule has 1 saturated heterocycles. The van der Waals surface area contributed by atoms with Crippen molar-refractivity contribution in [1.29, 1.82) is 0 Å². The van der Waals surface area contributed by atoms with Crippen molar-refractivity contribution in [2.75, 3.05) is 26.7 Å². The third-order valence-electron chi connectivity index (χ3n) is 9.22. The van der Waals surface area contributed by atoms with Crippen LogP contribution in [0.2, 0.25) is 0 Å². The zero-order chi connectivity index (χ0) is 38.7. The standard InChI is InChI=1S/C36H62N4O11/c1-34(2,3)50-32(47)37-19-14-13-17-24(27(43)31(46)49-9)38-29(44)28-36(7,8)18-20-39(28)30(45)25(21-23-15-11-10-12-16-23)40(22-26(41)42)33(48)51-35(4,5)6/h23-25,27-28,43H,10-22H2,1-9H3,(H,37,47)(H,38,44)(H,41,42)/t24-,25+,27?,28+/m0/s1. The summed E-state index contributed by atoms with van der Waals surface area (Å²) in [5, 5.41) is 26.1. The van der Waals surface area contributed by atoms with Crippen molar-refractivity contribution >= 4 is 35.9 Å². The number of aliphatic carboxylic acids is 1. The maximum Gasteiger partial charge on any atom is 0.411 e. The zero-order valence-corrected chi connectivity index (χ0v) is 32.0. The quantitative estimate of drug-likeness (QED) is 0.108. The number of unbranched alkanes of at least 4 members (excludes halogenated alkanes) is 1. The van der Waals surface area contributed by atoms with Gasteiger partial charge in [-0.3, -0.25) is 19.3 Å². The largest absolute Gasteiger partial charge is 0.480 e. The fourth-order valence-corrected chi connectivity index (χ4v) is 6.74. The van der Waals surface area contributed by atoms with E-state index in [0.29, 0.717) is 19.3 Å². The van der Waals surface area contributed by atoms with Gasteiger partial charge in [0.2, 0.25) is 11.8 Å². The zero-order valence-electron chi connectivity index (χ0n) is 32.0. The summed E-state index contributed by atoms with van der Waals surface area (Å²) in [4.78, 5) is 81.1. The van der Waals surface area contributed by atoms with Crippen molar-refractivity contribution in [2.24, 2.45) is 11.3 Å². The van der Waals surface area contributed by atoms with Crippen LogP contribution < -0.4 is 10.6 Å². The lowest BCUT2D eigenvalue weighted by molar-refractivity contribution is -0.154. The minimum Gasteiger partial charge on any atom is -0.480 e. The molecule has 15 nitrogen and oxygen atoms in total. The number of methoxy groups -OCH3 is 1. The molecule has 0 aromatic rings. The number of amides is 4. The summed E-state index contributed by atoms with van der Waals surface area (Å²) < 4.78 is 15.6. The Bertz CT molecular complexity index is 1220. The molecule has 4 N–H and O–H groups in total. The first-order valence-electron chi connectivity index (χ1n) is 18.1. The maximum atomic E-state index is 14.6. The average molecular weight is 727 g/mol. The van der Waals surface area contributed by atoms with Gasteiger partial charge in [0.05, 0.1) is 13.2 Å². The molecule has 0 spiro atoms. The van der Waals surface area contributed by atoms with Crippen molar-refractivity contribution in [1.82, 2.24) is 20.4 Å². The third kappa shape index (κ3) is 14.1. The van der Waals surface area contributed by atoms with Gasteiger partial charge in [0, 0.05) is 13.1 Å². The predicted molar refractivity (Wildman–Crippen MR) is 187 cm³/mol. The number of aliphatic hydroxyl groups excluding tert-OH is 1. The van der Waals surface area contributed by atoms with E-state index in [9.17, 15) is 39.0 Å². The normalized spacial score (nSPS) is 19.6. The van der Waals surface area contributed by atoms with E-state index >= 15 is 0 Å². The fourth-order valence-electron chi connectivity index (χ4n) is 6.74. The van der Waals surface area contributed by atoms with Gasteiger partial charge >= 0.3 is 24.1 Å². The van der Waals surface area contributed by atoms with E-state index in [2.05, 4.69) is 10.6 Å². The number of esters is 1. The van der Waals surface area contributed by atoms with E-state index in [0.717, 1.165) is 44.1 Å². The summed E-state index contributed by atoms with van der Waals surface area (Å²) in [5.74, 6) is -3.35. The summed E-state index contributed by atoms with van der Waals surface area (Å²) in [5.41, 5.74) is -2.37. The summed E-state index contributed by atoms with van der Waals surface area (Å²) in [6.45, 7) is 13.5. The monoisotopic (exact) mass is 726 g/mol. The molecule has 2 rings (SSSR count). The van der Waals surface area contributed by atoms with Crippen LogP contribution in [0.25, 0.3) is 0 Å². The van der Waals surface area contributed by atoms with Crippen LogP contribution in [-0.4, -0.2) is 118 Å². The molecule has 1 saturated carbocycles. The second-order valence-corrected chi connectivity index (χ2v) is 16.4. The van der Waals surface area contributed by atoms with Gasteiger partial charge < -0.3 is 40.0 Å². The van der Waals surface area contributed by atoms with Gasteiger partial charge in [-0.25, -0.2) is 14.4 Å². The highest BCUT2D eigenvalue weighted by molar-refractivity contribution is 5.93. The van der Waals surface area contributed by atoms with Crippen molar-refractivity contribution in [2.45, 2.75) is 155 Å². The SMILES string of the molecule is COC(=O)C(O)[C@H](CCCCNC(=O)OC(C)(C)C)NC(=O)[C@H]1N(C(=O)[C@@H](CC2CCCCC2)N(CC(=O)O)C(=O)OC(C)(C)C)CCC1(C)C. The molecular formula is C36H62N4O11. The van der Waals surface area contributed by atoms with Gasteiger partial charge in [-0.2, -0.15) is 0 Å². The third-order valence-corrected chi connectivity index (χ3v) is 9.22. The number of carbonyl (C=O) groups excluding carboxylic acids is 5. The summed E-state index contributed by atoms with van der Waals surface area (Å²) >= 11 is 0. The van der Waals surface area contributed by atoms with Crippen LogP contribution in [0.3, 0.4) is 0 Å². The molecule has 1 aliphatic carbocycles. The Morgan fingerprint density at radius 3 is 2.10 bits per heavy atom. The van der Waals surface area contributed by atoms with Gasteiger partial charge in [0.1, 0.15) is 29.8 Å². The van der Waals surface area contributed by atoms with E-state index in [1.165, 1.54) is 4.90 Å². The number of rotatable bonds is 15. The molecule has 1 unspecified atom stereocenters. The topological polar surface area (TPSA) is 201 Å². The summed E-state index contributed by atoms with van der Waals surface area (Å²) in [7, 11) is 1.12. The number of aliphatic hydroxyl groups is 1. The number of ether oxygens (including phenoxy) is 3. The summed E-state index contributed by atoms with van der Waals surface area (Å²) in [6, 6.07) is -3.34. The number of nitrogens with zero attached hydrogens (tertiary/aromatic N) is 2. The molecule has 0 bridgehead atoms. The summed E-state index contributed by atoms with van der Waals surface area (Å²) in [6.07, 6.45) is 3.06. The van der Waals surface area contributed by atoms with E-state index in [1.807, 2.05) is 13.8 Å². The van der Waals surface area contributed by atoms with Crippen LogP contribution in [0.4, 0.5) is 9.59 Å². The highest BCUT2D eigenvalue weighted by Gasteiger charge is 2.50. The Balaban J connectivity index is 2.36. The molecule has 2 aliphatic rings. The van der Waals surface area contributed by atoms with Gasteiger partial charge in [-0.05, 0) is 85.0 Å². The molecule has 0 aromatic carbocycles. The number of nitrogens with one attached hydrogen (secondary N) is 2. The van der Waals surface area contributed by atoms with Gasteiger partial charge in [0.25, 0.3) is 0 Å². The van der Waals surface area contributed by atoms with Crippen LogP contribution in [0.5, 0.6) is 0 Å². The smallest absolute Gasteiger partial charge is 0.411 e. The lowest BCUT2D eigenvalue weighted by Crippen LogP contribution is -2.60. The number of alkyl carbamates (subject to hydrolysis) is 1. The van der Waals surface area contributed by atoms with Crippen LogP contribution >= 0.6 is 0 Å². The molecule has 51 heavy (non-hydrogen) atoms. The van der Waals surface area contributed by atoms with E-state index in [1.54, 1.807) is 41.5 Å². The molecule has 1 heterocycles. The molecule has 292 valence electrons. The van der Waals surface area contributed by atoms with Crippen molar-refractivity contribution in [3.63, 3.8) is 0 Å². The Morgan fingerprint density at radius 2 is 1.55 bits per heavy atom. The van der Waals surface area contributed by atoms with Crippen molar-refractivity contribution in [3.05, 3.63) is 0 Å². The number of likely N-dealkylation sites (tertiary alicyclic amines) is 1. The number of hydrogen-bond donors (Lipinski definition) is 4. The first kappa shape index (κ1) is 43.5. The highest BCUT2D eigenvalue weighted by atomic mass is 16.6. The van der Waals surface area contributed by atoms with Gasteiger partial charge in [0.15, 0.2) is 6.10 Å². The van der Waals surface area contributed by atoms with Crippen LogP contribution in [0.1, 0.15) is 120 Å². The fraction of sp³-hybridized carbons (Fsp3) is 0.833. The second kappa shape index (κ2) is 18.7. The molecule has 4 atom stereocenters. The number of hydrogen-bond acceptors (Lipinski definition) is 10. The lowest BCUT2D eigenvalue weighted by Gasteiger charge is -2.39. The molecule has 4 amide bonds. The molecule has 15 heteroatoms. The van der Waals surface area contributed by atoms with Crippen molar-refractivity contribution in [3.8, 4) is 0 Å². The highest BCUT2D eigenvalue weighted by Crippen LogP contribution is 2.38. The lowest BCUT2D eigenvalue weighted by atomic mass is 9.83. The van der Waals surface area contributed by atoms with Crippen LogP contribution in [-0.2, 0) is 33.4 Å². The van der Waals surface area contributed by atoms with E-state index < -0.39 is 83.3 Å². The van der Waals surface area contributed by atoms with Crippen LogP contribution in [0.15, 0.2) is 0 Å².